The highest BCUT2D eigenvalue weighted by atomic mass is 16.2. The van der Waals surface area contributed by atoms with E-state index in [1.54, 1.807) is 0 Å². The molecule has 0 saturated carbocycles. The predicted octanol–water partition coefficient (Wildman–Crippen LogP) is 5.15. The van der Waals surface area contributed by atoms with E-state index in [1.807, 2.05) is 66.7 Å². The van der Waals surface area contributed by atoms with Gasteiger partial charge in [-0.15, -0.1) is 0 Å². The third kappa shape index (κ3) is 8.90. The fraction of sp³-hybridized carbons (Fsp3) is 0.500. The van der Waals surface area contributed by atoms with E-state index >= 15 is 0 Å². The molecule has 1 aromatic rings. The molecule has 1 atom stereocenters. The summed E-state index contributed by atoms with van der Waals surface area (Å²) in [7, 11) is 0. The zero-order valence-corrected chi connectivity index (χ0v) is 14.7. The van der Waals surface area contributed by atoms with Gasteiger partial charge in [-0.05, 0) is 38.0 Å². The quantitative estimate of drug-likeness (QED) is 0.791. The van der Waals surface area contributed by atoms with Crippen LogP contribution in [-0.4, -0.2) is 12.6 Å². The fourth-order valence-electron chi connectivity index (χ4n) is 1.57. The van der Waals surface area contributed by atoms with Crippen molar-refractivity contribution < 1.29 is 4.79 Å². The minimum Gasteiger partial charge on any atom is -0.338 e. The van der Waals surface area contributed by atoms with Gasteiger partial charge in [-0.3, -0.25) is 0 Å². The summed E-state index contributed by atoms with van der Waals surface area (Å²) in [5, 5.41) is 5.60. The van der Waals surface area contributed by atoms with E-state index in [4.69, 9.17) is 0 Å². The lowest BCUT2D eigenvalue weighted by atomic mass is 10.0. The first-order valence-electron chi connectivity index (χ1n) is 7.84. The molecule has 0 aliphatic rings. The molecule has 1 aromatic carbocycles. The number of hydrogen-bond acceptors (Lipinski definition) is 1. The number of benzene rings is 1. The molecule has 0 saturated heterocycles. The van der Waals surface area contributed by atoms with Crippen molar-refractivity contribution in [3.8, 4) is 0 Å². The highest BCUT2D eigenvalue weighted by Crippen LogP contribution is 2.18. The van der Waals surface area contributed by atoms with Crippen molar-refractivity contribution in [2.75, 3.05) is 6.54 Å². The van der Waals surface area contributed by atoms with Gasteiger partial charge in [0.15, 0.2) is 0 Å². The first-order valence-corrected chi connectivity index (χ1v) is 7.84. The Balaban J connectivity index is 0. The van der Waals surface area contributed by atoms with Crippen LogP contribution in [0.5, 0.6) is 0 Å². The number of urea groups is 1. The summed E-state index contributed by atoms with van der Waals surface area (Å²) in [6.07, 6.45) is 0. The summed E-state index contributed by atoms with van der Waals surface area (Å²) < 4.78 is 0. The first kappa shape index (κ1) is 21.5. The minimum absolute atomic E-state index is 0.0131. The predicted molar refractivity (Wildman–Crippen MR) is 94.5 cm³/mol. The Hall–Kier alpha value is -1.77. The van der Waals surface area contributed by atoms with Gasteiger partial charge in [0.25, 0.3) is 0 Å². The lowest BCUT2D eigenvalue weighted by Gasteiger charge is -2.15. The molecule has 0 bridgehead atoms. The number of amides is 2. The molecule has 3 nitrogen and oxygen atoms in total. The third-order valence-corrected chi connectivity index (χ3v) is 2.56. The maximum absolute atomic E-state index is 11.4. The fourth-order valence-corrected chi connectivity index (χ4v) is 1.57. The molecule has 1 rings (SSSR count). The van der Waals surface area contributed by atoms with Gasteiger partial charge in [0.1, 0.15) is 0 Å². The molecule has 120 valence electrons. The van der Waals surface area contributed by atoms with Gasteiger partial charge >= 0.3 is 6.03 Å². The summed E-state index contributed by atoms with van der Waals surface area (Å²) in [6.45, 7) is 18.4. The highest BCUT2D eigenvalue weighted by Gasteiger charge is 2.08. The Morgan fingerprint density at radius 2 is 1.81 bits per heavy atom. The lowest BCUT2D eigenvalue weighted by Crippen LogP contribution is -2.36. The van der Waals surface area contributed by atoms with E-state index in [9.17, 15) is 4.79 Å². The van der Waals surface area contributed by atoms with Gasteiger partial charge in [0.2, 0.25) is 0 Å². The van der Waals surface area contributed by atoms with Crippen LogP contribution in [0, 0.1) is 0 Å². The van der Waals surface area contributed by atoms with Crippen LogP contribution in [0.25, 0.3) is 5.57 Å². The molecule has 21 heavy (non-hydrogen) atoms. The van der Waals surface area contributed by atoms with Crippen LogP contribution in [0.2, 0.25) is 0 Å². The second-order valence-corrected chi connectivity index (χ2v) is 4.13. The minimum atomic E-state index is -0.138. The van der Waals surface area contributed by atoms with Crippen molar-refractivity contribution >= 4 is 11.6 Å². The summed E-state index contributed by atoms with van der Waals surface area (Å²) in [5.74, 6) is 0. The lowest BCUT2D eigenvalue weighted by molar-refractivity contribution is 0.238. The molecule has 0 aliphatic carbocycles. The zero-order chi connectivity index (χ0) is 16.8. The Morgan fingerprint density at radius 3 is 2.29 bits per heavy atom. The Morgan fingerprint density at radius 1 is 1.24 bits per heavy atom. The van der Waals surface area contributed by atoms with Crippen LogP contribution < -0.4 is 10.6 Å². The zero-order valence-electron chi connectivity index (χ0n) is 14.7. The topological polar surface area (TPSA) is 41.1 Å². The molecular weight excluding hydrogens is 260 g/mol. The normalized spacial score (nSPS) is 10.0. The van der Waals surface area contributed by atoms with Crippen molar-refractivity contribution in [2.45, 2.75) is 54.5 Å². The largest absolute Gasteiger partial charge is 0.338 e. The monoisotopic (exact) mass is 292 g/mol. The van der Waals surface area contributed by atoms with E-state index in [-0.39, 0.29) is 12.1 Å². The first-order chi connectivity index (χ1) is 10.0. The van der Waals surface area contributed by atoms with Crippen LogP contribution in [-0.2, 0) is 0 Å². The van der Waals surface area contributed by atoms with Crippen LogP contribution in [0.15, 0.2) is 30.8 Å². The smallest absolute Gasteiger partial charge is 0.315 e. The SMILES string of the molecule is C=C(C)c1cccc(C(C)NC(=O)NCC)c1.CC.CC. The van der Waals surface area contributed by atoms with E-state index in [2.05, 4.69) is 23.3 Å². The number of carbonyl (C=O) groups excluding carboxylic acids is 1. The maximum Gasteiger partial charge on any atom is 0.315 e. The summed E-state index contributed by atoms with van der Waals surface area (Å²) in [5.41, 5.74) is 3.21. The van der Waals surface area contributed by atoms with Gasteiger partial charge in [-0.1, -0.05) is 58.0 Å². The van der Waals surface area contributed by atoms with Crippen molar-refractivity contribution in [3.05, 3.63) is 42.0 Å². The van der Waals surface area contributed by atoms with Crippen molar-refractivity contribution in [3.63, 3.8) is 0 Å². The molecular formula is C18H32N2O. The molecule has 0 radical (unpaired) electrons. The van der Waals surface area contributed by atoms with Gasteiger partial charge in [0, 0.05) is 6.54 Å². The summed E-state index contributed by atoms with van der Waals surface area (Å²) >= 11 is 0. The van der Waals surface area contributed by atoms with Crippen LogP contribution in [0.4, 0.5) is 4.79 Å². The number of hydrogen-bond donors (Lipinski definition) is 2. The summed E-state index contributed by atoms with van der Waals surface area (Å²) in [4.78, 5) is 11.4. The van der Waals surface area contributed by atoms with E-state index < -0.39 is 0 Å². The maximum atomic E-state index is 11.4. The van der Waals surface area contributed by atoms with Gasteiger partial charge < -0.3 is 10.6 Å². The molecule has 0 fully saturated rings. The van der Waals surface area contributed by atoms with Crippen LogP contribution in [0.3, 0.4) is 0 Å². The molecule has 0 spiro atoms. The van der Waals surface area contributed by atoms with Crippen LogP contribution in [0.1, 0.15) is 65.6 Å². The second-order valence-electron chi connectivity index (χ2n) is 4.13. The van der Waals surface area contributed by atoms with Gasteiger partial charge in [-0.2, -0.15) is 0 Å². The van der Waals surface area contributed by atoms with Crippen LogP contribution >= 0.6 is 0 Å². The molecule has 2 amide bonds. The Bertz CT molecular complexity index is 413. The van der Waals surface area contributed by atoms with E-state index in [1.165, 1.54) is 0 Å². The number of carbonyl (C=O) groups is 1. The molecule has 0 aliphatic heterocycles. The highest BCUT2D eigenvalue weighted by molar-refractivity contribution is 5.74. The third-order valence-electron chi connectivity index (χ3n) is 2.56. The van der Waals surface area contributed by atoms with Crippen molar-refractivity contribution in [1.82, 2.24) is 10.6 Å². The van der Waals surface area contributed by atoms with E-state index in [0.717, 1.165) is 16.7 Å². The van der Waals surface area contributed by atoms with Crippen molar-refractivity contribution in [1.29, 1.82) is 0 Å². The average molecular weight is 292 g/mol. The van der Waals surface area contributed by atoms with Gasteiger partial charge in [-0.25, -0.2) is 4.79 Å². The van der Waals surface area contributed by atoms with Crippen molar-refractivity contribution in [2.24, 2.45) is 0 Å². The summed E-state index contributed by atoms with van der Waals surface area (Å²) in [6, 6.07) is 7.91. The molecule has 3 heteroatoms. The molecule has 2 N–H and O–H groups in total. The Kier molecular flexibility index (Phi) is 13.6. The number of nitrogens with one attached hydrogen (secondary N) is 2. The number of rotatable bonds is 4. The molecule has 1 unspecified atom stereocenters. The number of allylic oxidation sites excluding steroid dienone is 1. The molecule has 0 heterocycles. The van der Waals surface area contributed by atoms with E-state index in [0.29, 0.717) is 6.54 Å². The average Bonchev–Trinajstić information content (AvgIpc) is 2.51. The van der Waals surface area contributed by atoms with Gasteiger partial charge in [0.05, 0.1) is 6.04 Å². The molecule has 0 aromatic heterocycles. The standard InChI is InChI=1S/C14H20N2O.2C2H6/c1-5-15-14(17)16-11(4)13-8-6-7-12(9-13)10(2)3;2*1-2/h6-9,11H,2,5H2,1,3-4H3,(H2,15,16,17);2*1-2H3. The second kappa shape index (κ2) is 13.2. The Labute approximate surface area is 130 Å².